The predicted octanol–water partition coefficient (Wildman–Crippen LogP) is 2.85. The molecule has 1 amide bonds. The van der Waals surface area contributed by atoms with Crippen LogP contribution in [0.5, 0.6) is 28.7 Å². The Hall–Kier alpha value is -3.42. The summed E-state index contributed by atoms with van der Waals surface area (Å²) in [5.74, 6) is 1.30. The van der Waals surface area contributed by atoms with E-state index in [1.54, 1.807) is 19.2 Å². The predicted molar refractivity (Wildman–Crippen MR) is 103 cm³/mol. The maximum absolute atomic E-state index is 12.2. The zero-order chi connectivity index (χ0) is 20.1. The van der Waals surface area contributed by atoms with E-state index in [1.807, 2.05) is 6.92 Å². The minimum atomic E-state index is -0.530. The van der Waals surface area contributed by atoms with Crippen molar-refractivity contribution < 1.29 is 28.8 Å². The monoisotopic (exact) mass is 386 g/mol. The van der Waals surface area contributed by atoms with E-state index in [1.165, 1.54) is 25.5 Å². The number of nitrogens with one attached hydrogen (secondary N) is 1. The maximum Gasteiger partial charge on any atom is 0.275 e. The molecule has 2 N–H and O–H groups in total. The standard InChI is InChI=1S/C20H22N2O6/c1-4-7-12-14(10-21-22-20(24)13-8-5-6-9-15(13)23)17(26-3)19-18(16(12)25-2)27-11-28-19/h5-6,8-10,23H,4,7,11H2,1-3H3,(H,22,24)/b21-10-. The molecule has 0 fully saturated rings. The van der Waals surface area contributed by atoms with E-state index < -0.39 is 5.91 Å². The van der Waals surface area contributed by atoms with Crippen LogP contribution in [-0.4, -0.2) is 38.2 Å². The van der Waals surface area contributed by atoms with Crippen LogP contribution in [0.2, 0.25) is 0 Å². The quantitative estimate of drug-likeness (QED) is 0.561. The minimum Gasteiger partial charge on any atom is -0.507 e. The first-order valence-electron chi connectivity index (χ1n) is 8.80. The van der Waals surface area contributed by atoms with Crippen molar-refractivity contribution in [3.8, 4) is 28.7 Å². The summed E-state index contributed by atoms with van der Waals surface area (Å²) in [6.45, 7) is 2.11. The molecule has 0 radical (unpaired) electrons. The fourth-order valence-electron chi connectivity index (χ4n) is 3.07. The van der Waals surface area contributed by atoms with Crippen molar-refractivity contribution in [1.29, 1.82) is 0 Å². The fourth-order valence-corrected chi connectivity index (χ4v) is 3.07. The van der Waals surface area contributed by atoms with Crippen LogP contribution in [0.4, 0.5) is 0 Å². The number of ether oxygens (including phenoxy) is 4. The molecule has 0 aliphatic carbocycles. The van der Waals surface area contributed by atoms with Crippen LogP contribution in [0.3, 0.4) is 0 Å². The van der Waals surface area contributed by atoms with Crippen LogP contribution in [0.1, 0.15) is 34.8 Å². The summed E-state index contributed by atoms with van der Waals surface area (Å²) in [6.07, 6.45) is 3.02. The SMILES string of the molecule is CCCc1c(/C=N\NC(=O)c2ccccc2O)c(OC)c2c(c1OC)OCO2. The molecule has 0 saturated carbocycles. The van der Waals surface area contributed by atoms with Crippen LogP contribution < -0.4 is 24.4 Å². The number of hydrogen-bond acceptors (Lipinski definition) is 7. The first-order chi connectivity index (χ1) is 13.6. The van der Waals surface area contributed by atoms with E-state index in [-0.39, 0.29) is 18.1 Å². The molecule has 0 unspecified atom stereocenters. The summed E-state index contributed by atoms with van der Waals surface area (Å²) in [4.78, 5) is 12.2. The summed E-state index contributed by atoms with van der Waals surface area (Å²) in [5.41, 5.74) is 4.01. The van der Waals surface area contributed by atoms with Crippen molar-refractivity contribution in [3.63, 3.8) is 0 Å². The van der Waals surface area contributed by atoms with Gasteiger partial charge in [0.25, 0.3) is 5.91 Å². The lowest BCUT2D eigenvalue weighted by Crippen LogP contribution is -2.18. The van der Waals surface area contributed by atoms with Crippen LogP contribution in [0.15, 0.2) is 29.4 Å². The van der Waals surface area contributed by atoms with Crippen molar-refractivity contribution in [1.82, 2.24) is 5.43 Å². The summed E-state index contributed by atoms with van der Waals surface area (Å²) in [7, 11) is 3.08. The molecule has 2 aromatic carbocycles. The van der Waals surface area contributed by atoms with Gasteiger partial charge in [0.1, 0.15) is 5.75 Å². The van der Waals surface area contributed by atoms with Gasteiger partial charge >= 0.3 is 0 Å². The van der Waals surface area contributed by atoms with Gasteiger partial charge in [-0.1, -0.05) is 25.5 Å². The lowest BCUT2D eigenvalue weighted by atomic mass is 10.00. The zero-order valence-corrected chi connectivity index (χ0v) is 15.9. The number of hydrazone groups is 1. The average Bonchev–Trinajstić information content (AvgIpc) is 3.17. The van der Waals surface area contributed by atoms with Crippen molar-refractivity contribution >= 4 is 12.1 Å². The number of fused-ring (bicyclic) bond motifs is 1. The largest absolute Gasteiger partial charge is 0.507 e. The highest BCUT2D eigenvalue weighted by Gasteiger charge is 2.30. The van der Waals surface area contributed by atoms with Gasteiger partial charge in [-0.3, -0.25) is 4.79 Å². The zero-order valence-electron chi connectivity index (χ0n) is 15.9. The highest BCUT2D eigenvalue weighted by molar-refractivity contribution is 5.98. The first kappa shape index (κ1) is 19.3. The van der Waals surface area contributed by atoms with Gasteiger partial charge < -0.3 is 24.1 Å². The van der Waals surface area contributed by atoms with Crippen molar-refractivity contribution in [2.75, 3.05) is 21.0 Å². The van der Waals surface area contributed by atoms with Gasteiger partial charge in [0.05, 0.1) is 26.0 Å². The van der Waals surface area contributed by atoms with Gasteiger partial charge in [-0.05, 0) is 18.6 Å². The number of methoxy groups -OCH3 is 2. The number of amides is 1. The molecule has 0 bridgehead atoms. The van der Waals surface area contributed by atoms with Crippen LogP contribution in [0.25, 0.3) is 0 Å². The van der Waals surface area contributed by atoms with Crippen LogP contribution in [-0.2, 0) is 6.42 Å². The maximum atomic E-state index is 12.2. The molecule has 28 heavy (non-hydrogen) atoms. The number of para-hydroxylation sites is 1. The Morgan fingerprint density at radius 3 is 2.54 bits per heavy atom. The Balaban J connectivity index is 1.97. The normalized spacial score (nSPS) is 12.2. The topological polar surface area (TPSA) is 98.6 Å². The summed E-state index contributed by atoms with van der Waals surface area (Å²) in [5, 5.41) is 13.8. The molecule has 2 aromatic rings. The van der Waals surface area contributed by atoms with Crippen molar-refractivity contribution in [3.05, 3.63) is 41.0 Å². The minimum absolute atomic E-state index is 0.0677. The lowest BCUT2D eigenvalue weighted by molar-refractivity contribution is 0.0952. The molecule has 0 atom stereocenters. The number of nitrogens with zero attached hydrogens (tertiary/aromatic N) is 1. The molecular formula is C20H22N2O6. The Labute approximate surface area is 162 Å². The summed E-state index contributed by atoms with van der Waals surface area (Å²) >= 11 is 0. The highest BCUT2D eigenvalue weighted by Crippen LogP contribution is 2.51. The number of carbonyl (C=O) groups excluding carboxylic acids is 1. The molecule has 0 saturated heterocycles. The number of rotatable bonds is 7. The Morgan fingerprint density at radius 1 is 1.21 bits per heavy atom. The molecule has 3 rings (SSSR count). The van der Waals surface area contributed by atoms with Gasteiger partial charge in [0.15, 0.2) is 11.5 Å². The average molecular weight is 386 g/mol. The third kappa shape index (κ3) is 3.53. The number of benzene rings is 2. The van der Waals surface area contributed by atoms with Crippen LogP contribution in [0, 0.1) is 0 Å². The Bertz CT molecular complexity index is 910. The highest BCUT2D eigenvalue weighted by atomic mass is 16.7. The molecule has 0 spiro atoms. The summed E-state index contributed by atoms with van der Waals surface area (Å²) < 4.78 is 22.2. The van der Waals surface area contributed by atoms with Gasteiger partial charge in [-0.15, -0.1) is 0 Å². The van der Waals surface area contributed by atoms with Gasteiger partial charge in [-0.25, -0.2) is 5.43 Å². The van der Waals surface area contributed by atoms with E-state index in [0.29, 0.717) is 35.0 Å². The Morgan fingerprint density at radius 2 is 1.89 bits per heavy atom. The smallest absolute Gasteiger partial charge is 0.275 e. The molecule has 148 valence electrons. The van der Waals surface area contributed by atoms with Gasteiger partial charge in [0, 0.05) is 11.1 Å². The number of aromatic hydroxyl groups is 1. The molecule has 1 aliphatic heterocycles. The van der Waals surface area contributed by atoms with Crippen molar-refractivity contribution in [2.45, 2.75) is 19.8 Å². The van der Waals surface area contributed by atoms with E-state index >= 15 is 0 Å². The van der Waals surface area contributed by atoms with Crippen LogP contribution >= 0.6 is 0 Å². The molecule has 8 nitrogen and oxygen atoms in total. The number of phenolic OH excluding ortho intramolecular Hbond substituents is 1. The van der Waals surface area contributed by atoms with E-state index in [2.05, 4.69) is 10.5 Å². The van der Waals surface area contributed by atoms with Gasteiger partial charge in [0.2, 0.25) is 18.3 Å². The van der Waals surface area contributed by atoms with Crippen molar-refractivity contribution in [2.24, 2.45) is 5.10 Å². The third-order valence-corrected chi connectivity index (χ3v) is 4.29. The fraction of sp³-hybridized carbons (Fsp3) is 0.300. The second kappa shape index (κ2) is 8.51. The molecule has 0 aromatic heterocycles. The van der Waals surface area contributed by atoms with E-state index in [9.17, 15) is 9.90 Å². The second-order valence-corrected chi connectivity index (χ2v) is 5.99. The number of hydrogen-bond donors (Lipinski definition) is 2. The molecular weight excluding hydrogens is 364 g/mol. The number of phenols is 1. The summed E-state index contributed by atoms with van der Waals surface area (Å²) in [6, 6.07) is 6.23. The number of carbonyl (C=O) groups is 1. The molecule has 1 aliphatic rings. The second-order valence-electron chi connectivity index (χ2n) is 5.99. The lowest BCUT2D eigenvalue weighted by Gasteiger charge is -2.17. The third-order valence-electron chi connectivity index (χ3n) is 4.29. The van der Waals surface area contributed by atoms with Gasteiger partial charge in [-0.2, -0.15) is 5.10 Å². The van der Waals surface area contributed by atoms with E-state index in [4.69, 9.17) is 18.9 Å². The Kier molecular flexibility index (Phi) is 5.88. The molecule has 1 heterocycles. The first-order valence-corrected chi connectivity index (χ1v) is 8.80. The van der Waals surface area contributed by atoms with E-state index in [0.717, 1.165) is 12.0 Å². The molecule has 8 heteroatoms.